The molecular formula is C24H18Br2N4O2. The Morgan fingerprint density at radius 3 is 1.56 bits per heavy atom. The molecule has 0 saturated carbocycles. The summed E-state index contributed by atoms with van der Waals surface area (Å²) in [5.41, 5.74) is 1.40. The summed E-state index contributed by atoms with van der Waals surface area (Å²) in [6.45, 7) is 0.687. The van der Waals surface area contributed by atoms with Gasteiger partial charge >= 0.3 is 12.1 Å². The van der Waals surface area contributed by atoms with Gasteiger partial charge in [0.2, 0.25) is 0 Å². The van der Waals surface area contributed by atoms with Crippen LogP contribution in [0.2, 0.25) is 0 Å². The Kier molecular flexibility index (Phi) is 4.23. The van der Waals surface area contributed by atoms with Gasteiger partial charge in [0.1, 0.15) is 0 Å². The third-order valence-electron chi connectivity index (χ3n) is 6.72. The van der Waals surface area contributed by atoms with Crippen LogP contribution in [0.1, 0.15) is 22.3 Å². The lowest BCUT2D eigenvalue weighted by atomic mass is 9.81. The van der Waals surface area contributed by atoms with E-state index in [4.69, 9.17) is 0 Å². The average Bonchev–Trinajstić information content (AvgIpc) is 3.10. The molecule has 0 unspecified atom stereocenters. The van der Waals surface area contributed by atoms with Crippen molar-refractivity contribution in [1.29, 1.82) is 0 Å². The van der Waals surface area contributed by atoms with E-state index in [1.54, 1.807) is 9.80 Å². The maximum absolute atomic E-state index is 13.6. The number of hydrogen-bond donors (Lipinski definition) is 2. The predicted molar refractivity (Wildman–Crippen MR) is 126 cm³/mol. The number of carbonyl (C=O) groups is 2. The van der Waals surface area contributed by atoms with E-state index in [9.17, 15) is 9.59 Å². The highest BCUT2D eigenvalue weighted by Gasteiger charge is 2.74. The molecule has 2 N–H and O–H groups in total. The van der Waals surface area contributed by atoms with Crippen LogP contribution in [0.4, 0.5) is 9.59 Å². The molecule has 2 fully saturated rings. The molecule has 3 heterocycles. The standard InChI is InChI=1S/C24H18Br2N4O2/c25-19-11-12-20(26)18-14-30-22(32)28-23(15-7-3-1-4-8-15)24(30,16-9-5-2-6-10-16)29(13-17(18)19)21(31)27-23/h1-12H,13-14H2,(H,27,31)(H,28,32). The minimum Gasteiger partial charge on any atom is -0.307 e. The van der Waals surface area contributed by atoms with Gasteiger partial charge in [-0.15, -0.1) is 0 Å². The van der Waals surface area contributed by atoms with Crippen molar-refractivity contribution < 1.29 is 9.59 Å². The van der Waals surface area contributed by atoms with Crippen LogP contribution in [-0.4, -0.2) is 21.9 Å². The molecule has 3 aromatic rings. The molecule has 3 aliphatic heterocycles. The van der Waals surface area contributed by atoms with Crippen molar-refractivity contribution in [2.75, 3.05) is 0 Å². The molecule has 8 heteroatoms. The summed E-state index contributed by atoms with van der Waals surface area (Å²) in [6.07, 6.45) is 0. The summed E-state index contributed by atoms with van der Waals surface area (Å²) < 4.78 is 1.82. The fourth-order valence-electron chi connectivity index (χ4n) is 5.40. The van der Waals surface area contributed by atoms with Gasteiger partial charge in [-0.3, -0.25) is 9.80 Å². The van der Waals surface area contributed by atoms with Crippen molar-refractivity contribution in [3.63, 3.8) is 0 Å². The molecule has 2 saturated heterocycles. The summed E-state index contributed by atoms with van der Waals surface area (Å²) in [5.74, 6) is 0. The molecule has 6 nitrogen and oxygen atoms in total. The summed E-state index contributed by atoms with van der Waals surface area (Å²) in [5, 5.41) is 6.33. The average molecular weight is 554 g/mol. The van der Waals surface area contributed by atoms with Crippen LogP contribution in [0.5, 0.6) is 0 Å². The number of fused-ring (bicyclic) bond motifs is 1. The first-order valence-corrected chi connectivity index (χ1v) is 11.8. The van der Waals surface area contributed by atoms with E-state index in [1.807, 2.05) is 72.8 Å². The van der Waals surface area contributed by atoms with Crippen LogP contribution >= 0.6 is 31.9 Å². The Labute approximate surface area is 201 Å². The van der Waals surface area contributed by atoms with Crippen molar-refractivity contribution in [3.8, 4) is 0 Å². The quantitative estimate of drug-likeness (QED) is 0.470. The number of benzene rings is 3. The SMILES string of the molecule is O=C1NC2(c3ccccc3)NC(=O)N3Cc4c(Br)ccc(Br)c4CN1C32c1ccccc1. The first-order valence-electron chi connectivity index (χ1n) is 10.3. The molecule has 0 spiro atoms. The van der Waals surface area contributed by atoms with Crippen LogP contribution in [0.25, 0.3) is 0 Å². The second-order valence-corrected chi connectivity index (χ2v) is 9.88. The lowest BCUT2D eigenvalue weighted by Gasteiger charge is -2.45. The fourth-order valence-corrected chi connectivity index (χ4v) is 6.40. The smallest absolute Gasteiger partial charge is 0.307 e. The van der Waals surface area contributed by atoms with Gasteiger partial charge in [0, 0.05) is 20.1 Å². The highest BCUT2D eigenvalue weighted by Crippen LogP contribution is 2.56. The number of nitrogens with zero attached hydrogens (tertiary/aromatic N) is 2. The molecular weight excluding hydrogens is 536 g/mol. The summed E-state index contributed by atoms with van der Waals surface area (Å²) in [6, 6.07) is 22.9. The zero-order chi connectivity index (χ0) is 22.1. The monoisotopic (exact) mass is 552 g/mol. The van der Waals surface area contributed by atoms with Gasteiger partial charge in [-0.2, -0.15) is 0 Å². The zero-order valence-corrected chi connectivity index (χ0v) is 20.0. The number of amides is 4. The molecule has 0 bridgehead atoms. The van der Waals surface area contributed by atoms with Crippen LogP contribution in [-0.2, 0) is 24.4 Å². The number of hydrogen-bond acceptors (Lipinski definition) is 2. The molecule has 0 radical (unpaired) electrons. The highest BCUT2D eigenvalue weighted by molar-refractivity contribution is 9.11. The first-order chi connectivity index (χ1) is 15.5. The van der Waals surface area contributed by atoms with Gasteiger partial charge in [0.25, 0.3) is 0 Å². The van der Waals surface area contributed by atoms with E-state index < -0.39 is 11.3 Å². The molecule has 0 aliphatic carbocycles. The molecule has 3 aliphatic rings. The predicted octanol–water partition coefficient (Wildman–Crippen LogP) is 4.98. The van der Waals surface area contributed by atoms with E-state index in [1.165, 1.54) is 0 Å². The number of rotatable bonds is 2. The fraction of sp³-hybridized carbons (Fsp3) is 0.167. The zero-order valence-electron chi connectivity index (χ0n) is 16.8. The van der Waals surface area contributed by atoms with Gasteiger partial charge in [0.05, 0.1) is 13.1 Å². The van der Waals surface area contributed by atoms with Crippen molar-refractivity contribution >= 4 is 43.9 Å². The molecule has 6 rings (SSSR count). The van der Waals surface area contributed by atoms with Crippen LogP contribution in [0.3, 0.4) is 0 Å². The van der Waals surface area contributed by atoms with Crippen LogP contribution < -0.4 is 10.6 Å². The first kappa shape index (κ1) is 19.8. The molecule has 4 amide bonds. The number of carbonyl (C=O) groups excluding carboxylic acids is 2. The summed E-state index contributed by atoms with van der Waals surface area (Å²) in [4.78, 5) is 30.8. The lowest BCUT2D eigenvalue weighted by Crippen LogP contribution is -2.61. The van der Waals surface area contributed by atoms with Crippen molar-refractivity contribution in [1.82, 2.24) is 20.4 Å². The van der Waals surface area contributed by atoms with E-state index in [2.05, 4.69) is 42.5 Å². The molecule has 32 heavy (non-hydrogen) atoms. The van der Waals surface area contributed by atoms with Crippen molar-refractivity contribution in [3.05, 3.63) is 104 Å². The van der Waals surface area contributed by atoms with Gasteiger partial charge in [-0.05, 0) is 23.3 Å². The summed E-state index contributed by atoms with van der Waals surface area (Å²) in [7, 11) is 0. The minimum absolute atomic E-state index is 0.234. The topological polar surface area (TPSA) is 64.7 Å². The third-order valence-corrected chi connectivity index (χ3v) is 8.20. The van der Waals surface area contributed by atoms with Gasteiger partial charge in [-0.1, -0.05) is 92.5 Å². The van der Waals surface area contributed by atoms with E-state index in [0.717, 1.165) is 31.2 Å². The molecule has 3 aromatic carbocycles. The number of nitrogens with one attached hydrogen (secondary N) is 2. The Balaban J connectivity index is 1.71. The van der Waals surface area contributed by atoms with Gasteiger partial charge in [-0.25, -0.2) is 9.59 Å². The number of halogens is 2. The Morgan fingerprint density at radius 2 is 1.09 bits per heavy atom. The second-order valence-electron chi connectivity index (χ2n) is 8.17. The van der Waals surface area contributed by atoms with Crippen molar-refractivity contribution in [2.45, 2.75) is 24.4 Å². The second kappa shape index (κ2) is 6.83. The minimum atomic E-state index is -1.15. The van der Waals surface area contributed by atoms with Crippen molar-refractivity contribution in [2.24, 2.45) is 0 Å². The largest absolute Gasteiger partial charge is 0.322 e. The van der Waals surface area contributed by atoms with E-state index in [-0.39, 0.29) is 12.1 Å². The van der Waals surface area contributed by atoms with E-state index in [0.29, 0.717) is 13.1 Å². The molecule has 160 valence electrons. The Morgan fingerprint density at radius 1 is 0.656 bits per heavy atom. The summed E-state index contributed by atoms with van der Waals surface area (Å²) >= 11 is 7.34. The van der Waals surface area contributed by atoms with Gasteiger partial charge in [0.15, 0.2) is 11.3 Å². The maximum Gasteiger partial charge on any atom is 0.322 e. The maximum atomic E-state index is 13.6. The highest BCUT2D eigenvalue weighted by atomic mass is 79.9. The lowest BCUT2D eigenvalue weighted by molar-refractivity contribution is -0.0154. The molecule has 0 aromatic heterocycles. The van der Waals surface area contributed by atoms with Crippen LogP contribution in [0.15, 0.2) is 81.7 Å². The Bertz CT molecular complexity index is 1210. The van der Waals surface area contributed by atoms with Crippen LogP contribution in [0, 0.1) is 0 Å². The Hall–Kier alpha value is -2.84. The molecule has 0 atom stereocenters. The normalized spacial score (nSPS) is 25.7. The van der Waals surface area contributed by atoms with Gasteiger partial charge < -0.3 is 10.6 Å². The number of urea groups is 2. The third kappa shape index (κ3) is 2.34. The van der Waals surface area contributed by atoms with E-state index >= 15 is 0 Å².